The Morgan fingerprint density at radius 3 is 2.62 bits per heavy atom. The molecule has 0 aliphatic rings. The van der Waals surface area contributed by atoms with Gasteiger partial charge >= 0.3 is 0 Å². The van der Waals surface area contributed by atoms with Gasteiger partial charge in [-0.1, -0.05) is 41.1 Å². The average molecular weight is 304 g/mol. The van der Waals surface area contributed by atoms with Crippen molar-refractivity contribution in [1.82, 2.24) is 15.0 Å². The lowest BCUT2D eigenvalue weighted by Crippen LogP contribution is -2.10. The van der Waals surface area contributed by atoms with Crippen molar-refractivity contribution in [3.8, 4) is 5.69 Å². The molecule has 0 aliphatic carbocycles. The minimum absolute atomic E-state index is 0.124. The van der Waals surface area contributed by atoms with Crippen LogP contribution in [0.1, 0.15) is 17.4 Å². The van der Waals surface area contributed by atoms with Crippen LogP contribution in [0.15, 0.2) is 54.7 Å². The molecule has 3 rings (SSSR count). The van der Waals surface area contributed by atoms with Crippen LogP contribution in [-0.2, 0) is 0 Å². The zero-order valence-corrected chi connectivity index (χ0v) is 11.6. The molecular formula is C15H11ClFN3O. The lowest BCUT2D eigenvalue weighted by molar-refractivity contribution is 0.207. The molecule has 4 nitrogen and oxygen atoms in total. The molecule has 21 heavy (non-hydrogen) atoms. The number of aromatic nitrogens is 3. The largest absolute Gasteiger partial charge is 0.382 e. The lowest BCUT2D eigenvalue weighted by atomic mass is 10.1. The Kier molecular flexibility index (Phi) is 3.68. The van der Waals surface area contributed by atoms with Crippen LogP contribution in [0.25, 0.3) is 5.69 Å². The van der Waals surface area contributed by atoms with E-state index < -0.39 is 11.9 Å². The summed E-state index contributed by atoms with van der Waals surface area (Å²) in [5, 5.41) is 18.4. The number of hydrogen-bond acceptors (Lipinski definition) is 3. The summed E-state index contributed by atoms with van der Waals surface area (Å²) in [4.78, 5) is 0. The van der Waals surface area contributed by atoms with Crippen LogP contribution < -0.4 is 0 Å². The van der Waals surface area contributed by atoms with Crippen LogP contribution in [0.3, 0.4) is 0 Å². The van der Waals surface area contributed by atoms with E-state index in [1.165, 1.54) is 23.0 Å². The maximum absolute atomic E-state index is 13.9. The predicted octanol–water partition coefficient (Wildman–Crippen LogP) is 3.14. The first-order valence-corrected chi connectivity index (χ1v) is 6.63. The molecule has 1 N–H and O–H groups in total. The molecule has 6 heteroatoms. The molecule has 3 aromatic rings. The summed E-state index contributed by atoms with van der Waals surface area (Å²) in [5.41, 5.74) is 1.24. The zero-order chi connectivity index (χ0) is 14.8. The van der Waals surface area contributed by atoms with Gasteiger partial charge in [0.15, 0.2) is 0 Å². The molecule has 2 aromatic carbocycles. The molecule has 106 valence electrons. The Morgan fingerprint density at radius 2 is 1.90 bits per heavy atom. The molecule has 1 unspecified atom stereocenters. The van der Waals surface area contributed by atoms with E-state index in [9.17, 15) is 9.50 Å². The van der Waals surface area contributed by atoms with Gasteiger partial charge < -0.3 is 5.11 Å². The Balaban J connectivity index is 2.03. The molecular weight excluding hydrogens is 293 g/mol. The number of hydrogen-bond donors (Lipinski definition) is 1. The van der Waals surface area contributed by atoms with E-state index in [-0.39, 0.29) is 10.6 Å². The Labute approximate surface area is 125 Å². The van der Waals surface area contributed by atoms with Gasteiger partial charge in [-0.15, -0.1) is 5.10 Å². The molecule has 0 saturated heterocycles. The standard InChI is InChI=1S/C15H11ClFN3O/c16-10-6-7-12(13(17)8-10)15(21)14-9-18-19-20(14)11-4-2-1-3-5-11/h1-9,15,21H. The van der Waals surface area contributed by atoms with Crippen molar-refractivity contribution < 1.29 is 9.50 Å². The Hall–Kier alpha value is -2.24. The number of halogens is 2. The third-order valence-corrected chi connectivity index (χ3v) is 3.35. The first-order chi connectivity index (χ1) is 10.2. The summed E-state index contributed by atoms with van der Waals surface area (Å²) < 4.78 is 15.4. The number of para-hydroxylation sites is 1. The fourth-order valence-electron chi connectivity index (χ4n) is 2.08. The van der Waals surface area contributed by atoms with E-state index in [0.717, 1.165) is 11.8 Å². The highest BCUT2D eigenvalue weighted by molar-refractivity contribution is 6.30. The van der Waals surface area contributed by atoms with Crippen molar-refractivity contribution in [2.75, 3.05) is 0 Å². The van der Waals surface area contributed by atoms with Crippen molar-refractivity contribution in [2.24, 2.45) is 0 Å². The van der Waals surface area contributed by atoms with Crippen LogP contribution >= 0.6 is 11.6 Å². The van der Waals surface area contributed by atoms with Crippen molar-refractivity contribution >= 4 is 11.6 Å². The number of aliphatic hydroxyl groups is 1. The highest BCUT2D eigenvalue weighted by Crippen LogP contribution is 2.27. The molecule has 0 amide bonds. The summed E-state index contributed by atoms with van der Waals surface area (Å²) in [7, 11) is 0. The second kappa shape index (κ2) is 5.63. The third kappa shape index (κ3) is 2.66. The van der Waals surface area contributed by atoms with Gasteiger partial charge in [-0.2, -0.15) is 0 Å². The minimum atomic E-state index is -1.18. The van der Waals surface area contributed by atoms with E-state index >= 15 is 0 Å². The van der Waals surface area contributed by atoms with Gasteiger partial charge in [-0.25, -0.2) is 9.07 Å². The van der Waals surface area contributed by atoms with E-state index in [1.807, 2.05) is 30.3 Å². The van der Waals surface area contributed by atoms with E-state index in [2.05, 4.69) is 10.3 Å². The van der Waals surface area contributed by atoms with Crippen molar-refractivity contribution in [1.29, 1.82) is 0 Å². The SMILES string of the molecule is OC(c1ccc(Cl)cc1F)c1cnnn1-c1ccccc1. The molecule has 0 aliphatic heterocycles. The first-order valence-electron chi connectivity index (χ1n) is 6.26. The Bertz CT molecular complexity index is 761. The van der Waals surface area contributed by atoms with E-state index in [4.69, 9.17) is 11.6 Å². The molecule has 1 aromatic heterocycles. The number of nitrogens with zero attached hydrogens (tertiary/aromatic N) is 3. The summed E-state index contributed by atoms with van der Waals surface area (Å²) in [6, 6.07) is 13.3. The summed E-state index contributed by atoms with van der Waals surface area (Å²) >= 11 is 5.72. The second-order valence-corrected chi connectivity index (χ2v) is 4.91. The van der Waals surface area contributed by atoms with Crippen molar-refractivity contribution in [3.63, 3.8) is 0 Å². The van der Waals surface area contributed by atoms with Gasteiger partial charge in [-0.05, 0) is 24.3 Å². The predicted molar refractivity (Wildman–Crippen MR) is 76.8 cm³/mol. The molecule has 0 radical (unpaired) electrons. The maximum atomic E-state index is 13.9. The molecule has 0 saturated carbocycles. The fraction of sp³-hybridized carbons (Fsp3) is 0.0667. The number of benzene rings is 2. The van der Waals surface area contributed by atoms with Crippen LogP contribution in [-0.4, -0.2) is 20.1 Å². The van der Waals surface area contributed by atoms with Crippen LogP contribution in [0.2, 0.25) is 5.02 Å². The fourth-order valence-corrected chi connectivity index (χ4v) is 2.24. The highest BCUT2D eigenvalue weighted by Gasteiger charge is 2.20. The smallest absolute Gasteiger partial charge is 0.130 e. The Morgan fingerprint density at radius 1 is 1.14 bits per heavy atom. The summed E-state index contributed by atoms with van der Waals surface area (Å²) in [6.07, 6.45) is 0.226. The second-order valence-electron chi connectivity index (χ2n) is 4.47. The van der Waals surface area contributed by atoms with Crippen molar-refractivity contribution in [2.45, 2.75) is 6.10 Å². The lowest BCUT2D eigenvalue weighted by Gasteiger charge is -2.13. The van der Waals surface area contributed by atoms with E-state index in [0.29, 0.717) is 5.69 Å². The topological polar surface area (TPSA) is 50.9 Å². The maximum Gasteiger partial charge on any atom is 0.130 e. The monoisotopic (exact) mass is 303 g/mol. The first kappa shape index (κ1) is 13.7. The molecule has 0 spiro atoms. The van der Waals surface area contributed by atoms with E-state index in [1.54, 1.807) is 0 Å². The molecule has 1 heterocycles. The molecule has 1 atom stereocenters. The normalized spacial score (nSPS) is 12.3. The number of rotatable bonds is 3. The van der Waals surface area contributed by atoms with Crippen LogP contribution in [0.4, 0.5) is 4.39 Å². The quantitative estimate of drug-likeness (QED) is 0.808. The average Bonchev–Trinajstić information content (AvgIpc) is 2.97. The highest BCUT2D eigenvalue weighted by atomic mass is 35.5. The van der Waals surface area contributed by atoms with Gasteiger partial charge in [0.2, 0.25) is 0 Å². The zero-order valence-electron chi connectivity index (χ0n) is 10.8. The van der Waals surface area contributed by atoms with Gasteiger partial charge in [0, 0.05) is 10.6 Å². The summed E-state index contributed by atoms with van der Waals surface area (Å²) in [5.74, 6) is -0.573. The van der Waals surface area contributed by atoms with Crippen LogP contribution in [0, 0.1) is 5.82 Å². The van der Waals surface area contributed by atoms with Gasteiger partial charge in [0.05, 0.1) is 17.6 Å². The summed E-state index contributed by atoms with van der Waals surface area (Å²) in [6.45, 7) is 0. The van der Waals surface area contributed by atoms with Gasteiger partial charge in [0.25, 0.3) is 0 Å². The number of aliphatic hydroxyl groups excluding tert-OH is 1. The third-order valence-electron chi connectivity index (χ3n) is 3.11. The van der Waals surface area contributed by atoms with Crippen molar-refractivity contribution in [3.05, 3.63) is 76.8 Å². The van der Waals surface area contributed by atoms with Gasteiger partial charge in [-0.3, -0.25) is 0 Å². The molecule has 0 fully saturated rings. The van der Waals surface area contributed by atoms with Gasteiger partial charge in [0.1, 0.15) is 11.9 Å². The molecule has 0 bridgehead atoms. The minimum Gasteiger partial charge on any atom is -0.382 e. The van der Waals surface area contributed by atoms with Crippen LogP contribution in [0.5, 0.6) is 0 Å².